The van der Waals surface area contributed by atoms with Crippen LogP contribution >= 0.6 is 0 Å². The van der Waals surface area contributed by atoms with Gasteiger partial charge in [-0.2, -0.15) is 10.4 Å². The Morgan fingerprint density at radius 1 is 1.57 bits per heavy atom. The molecule has 0 amide bonds. The molecule has 0 atom stereocenters. The van der Waals surface area contributed by atoms with Crippen molar-refractivity contribution in [3.8, 4) is 6.07 Å². The van der Waals surface area contributed by atoms with Crippen LogP contribution in [0.2, 0.25) is 0 Å². The molecule has 0 saturated carbocycles. The Bertz CT molecular complexity index is 297. The van der Waals surface area contributed by atoms with Gasteiger partial charge >= 0.3 is 0 Å². The molecule has 0 spiro atoms. The van der Waals surface area contributed by atoms with Crippen LogP contribution < -0.4 is 5.32 Å². The van der Waals surface area contributed by atoms with Gasteiger partial charge in [-0.1, -0.05) is 0 Å². The van der Waals surface area contributed by atoms with Crippen LogP contribution in [0.4, 0.5) is 0 Å². The highest BCUT2D eigenvalue weighted by Crippen LogP contribution is 1.94. The molecule has 14 heavy (non-hydrogen) atoms. The average Bonchev–Trinajstić information content (AvgIpc) is 2.58. The molecule has 76 valence electrons. The maximum Gasteiger partial charge on any atom is 0.0637 e. The van der Waals surface area contributed by atoms with Gasteiger partial charge in [0.2, 0.25) is 0 Å². The maximum atomic E-state index is 8.31. The Hall–Kier alpha value is -1.34. The first-order valence-electron chi connectivity index (χ1n) is 4.89. The number of aryl methyl sites for hydroxylation is 1. The monoisotopic (exact) mass is 192 g/mol. The van der Waals surface area contributed by atoms with Crippen molar-refractivity contribution in [1.82, 2.24) is 15.1 Å². The largest absolute Gasteiger partial charge is 0.316 e. The summed E-state index contributed by atoms with van der Waals surface area (Å²) in [5, 5.41) is 15.9. The van der Waals surface area contributed by atoms with Gasteiger partial charge in [0.05, 0.1) is 11.8 Å². The fourth-order valence-electron chi connectivity index (χ4n) is 1.23. The first-order valence-corrected chi connectivity index (χ1v) is 4.89. The van der Waals surface area contributed by atoms with Gasteiger partial charge in [-0.05, 0) is 19.0 Å². The number of hydrogen-bond donors (Lipinski definition) is 1. The summed E-state index contributed by atoms with van der Waals surface area (Å²) in [6.45, 7) is 1.85. The smallest absolute Gasteiger partial charge is 0.0637 e. The number of nitrogens with zero attached hydrogens (tertiary/aromatic N) is 3. The molecule has 0 bridgehead atoms. The third kappa shape index (κ3) is 4.06. The fraction of sp³-hybridized carbons (Fsp3) is 0.600. The summed E-state index contributed by atoms with van der Waals surface area (Å²) in [7, 11) is 1.92. The van der Waals surface area contributed by atoms with Crippen LogP contribution in [0.1, 0.15) is 18.5 Å². The van der Waals surface area contributed by atoms with Crippen molar-refractivity contribution in [2.24, 2.45) is 7.05 Å². The van der Waals surface area contributed by atoms with Gasteiger partial charge in [-0.15, -0.1) is 0 Å². The zero-order valence-corrected chi connectivity index (χ0v) is 8.53. The molecule has 1 N–H and O–H groups in total. The van der Waals surface area contributed by atoms with Crippen LogP contribution in [-0.2, 0) is 13.5 Å². The molecule has 0 saturated heterocycles. The molecule has 4 nitrogen and oxygen atoms in total. The van der Waals surface area contributed by atoms with Crippen LogP contribution in [0.5, 0.6) is 0 Å². The quantitative estimate of drug-likeness (QED) is 0.680. The number of rotatable bonds is 6. The summed E-state index contributed by atoms with van der Waals surface area (Å²) in [6.07, 6.45) is 4.47. The van der Waals surface area contributed by atoms with E-state index in [0.29, 0.717) is 6.42 Å². The molecule has 4 heteroatoms. The van der Waals surface area contributed by atoms with E-state index in [1.54, 1.807) is 0 Å². The third-order valence-electron chi connectivity index (χ3n) is 1.97. The molecule has 0 fully saturated rings. The van der Waals surface area contributed by atoms with Gasteiger partial charge in [0.15, 0.2) is 0 Å². The number of hydrogen-bond acceptors (Lipinski definition) is 3. The summed E-state index contributed by atoms with van der Waals surface area (Å²) < 4.78 is 1.81. The normalized spacial score (nSPS) is 10.0. The van der Waals surface area contributed by atoms with E-state index in [9.17, 15) is 0 Å². The van der Waals surface area contributed by atoms with Crippen LogP contribution in [0.25, 0.3) is 0 Å². The van der Waals surface area contributed by atoms with Crippen molar-refractivity contribution in [3.63, 3.8) is 0 Å². The SMILES string of the molecule is Cn1ccc(CCNCCCC#N)n1. The van der Waals surface area contributed by atoms with Crippen LogP contribution in [-0.4, -0.2) is 22.9 Å². The molecule has 1 aromatic heterocycles. The Morgan fingerprint density at radius 3 is 3.07 bits per heavy atom. The Labute approximate surface area is 84.5 Å². The van der Waals surface area contributed by atoms with Crippen molar-refractivity contribution in [1.29, 1.82) is 5.26 Å². The molecule has 0 aliphatic heterocycles. The second-order valence-electron chi connectivity index (χ2n) is 3.24. The highest BCUT2D eigenvalue weighted by atomic mass is 15.2. The number of unbranched alkanes of at least 4 members (excludes halogenated alkanes) is 1. The molecular weight excluding hydrogens is 176 g/mol. The van der Waals surface area contributed by atoms with Gasteiger partial charge in [0, 0.05) is 32.6 Å². The number of nitrogens with one attached hydrogen (secondary N) is 1. The van der Waals surface area contributed by atoms with E-state index in [2.05, 4.69) is 16.5 Å². The first-order chi connectivity index (χ1) is 6.83. The lowest BCUT2D eigenvalue weighted by Crippen LogP contribution is -2.18. The summed E-state index contributed by atoms with van der Waals surface area (Å²) in [5.41, 5.74) is 1.11. The maximum absolute atomic E-state index is 8.31. The predicted octanol–water partition coefficient (Wildman–Crippen LogP) is 0.856. The molecule has 0 aromatic carbocycles. The van der Waals surface area contributed by atoms with Gasteiger partial charge in [-0.3, -0.25) is 4.68 Å². The Morgan fingerprint density at radius 2 is 2.43 bits per heavy atom. The van der Waals surface area contributed by atoms with Crippen LogP contribution in [0.3, 0.4) is 0 Å². The summed E-state index contributed by atoms with van der Waals surface area (Å²) in [4.78, 5) is 0. The minimum atomic E-state index is 0.636. The highest BCUT2D eigenvalue weighted by molar-refractivity contribution is 4.98. The zero-order valence-electron chi connectivity index (χ0n) is 8.53. The van der Waals surface area contributed by atoms with E-state index in [1.807, 2.05) is 24.0 Å². The standard InChI is InChI=1S/C10H16N4/c1-14-9-5-10(13-14)4-8-12-7-3-2-6-11/h5,9,12H,2-4,7-8H2,1H3. The molecule has 0 aliphatic rings. The minimum Gasteiger partial charge on any atom is -0.316 e. The molecule has 0 aliphatic carbocycles. The van der Waals surface area contributed by atoms with Crippen molar-refractivity contribution < 1.29 is 0 Å². The van der Waals surface area contributed by atoms with Crippen molar-refractivity contribution in [2.45, 2.75) is 19.3 Å². The Kier molecular flexibility index (Phi) is 4.73. The summed E-state index contributed by atoms with van der Waals surface area (Å²) in [5.74, 6) is 0. The van der Waals surface area contributed by atoms with E-state index >= 15 is 0 Å². The van der Waals surface area contributed by atoms with Gasteiger partial charge in [0.25, 0.3) is 0 Å². The zero-order chi connectivity index (χ0) is 10.2. The van der Waals surface area contributed by atoms with Crippen molar-refractivity contribution in [3.05, 3.63) is 18.0 Å². The lowest BCUT2D eigenvalue weighted by atomic mass is 10.3. The highest BCUT2D eigenvalue weighted by Gasteiger charge is 1.95. The topological polar surface area (TPSA) is 53.6 Å². The van der Waals surface area contributed by atoms with Gasteiger partial charge in [0.1, 0.15) is 0 Å². The minimum absolute atomic E-state index is 0.636. The molecule has 1 aromatic rings. The Balaban J connectivity index is 2.02. The lowest BCUT2D eigenvalue weighted by molar-refractivity contribution is 0.642. The molecule has 1 rings (SSSR count). The van der Waals surface area contributed by atoms with E-state index in [-0.39, 0.29) is 0 Å². The average molecular weight is 192 g/mol. The van der Waals surface area contributed by atoms with Crippen LogP contribution in [0, 0.1) is 11.3 Å². The summed E-state index contributed by atoms with van der Waals surface area (Å²) in [6, 6.07) is 4.15. The summed E-state index contributed by atoms with van der Waals surface area (Å²) >= 11 is 0. The lowest BCUT2D eigenvalue weighted by Gasteiger charge is -2.00. The molecule has 0 unspecified atom stereocenters. The van der Waals surface area contributed by atoms with Crippen molar-refractivity contribution in [2.75, 3.05) is 13.1 Å². The van der Waals surface area contributed by atoms with Crippen molar-refractivity contribution >= 4 is 0 Å². The second kappa shape index (κ2) is 6.17. The van der Waals surface area contributed by atoms with E-state index in [0.717, 1.165) is 31.6 Å². The number of aromatic nitrogens is 2. The van der Waals surface area contributed by atoms with E-state index in [1.165, 1.54) is 0 Å². The second-order valence-corrected chi connectivity index (χ2v) is 3.24. The number of nitriles is 1. The van der Waals surface area contributed by atoms with Gasteiger partial charge in [-0.25, -0.2) is 0 Å². The molecule has 1 heterocycles. The molecule has 0 radical (unpaired) electrons. The molecular formula is C10H16N4. The first kappa shape index (κ1) is 10.7. The van der Waals surface area contributed by atoms with Crippen LogP contribution in [0.15, 0.2) is 12.3 Å². The third-order valence-corrected chi connectivity index (χ3v) is 1.97. The van der Waals surface area contributed by atoms with E-state index < -0.39 is 0 Å². The fourth-order valence-corrected chi connectivity index (χ4v) is 1.23. The van der Waals surface area contributed by atoms with E-state index in [4.69, 9.17) is 5.26 Å². The predicted molar refractivity (Wildman–Crippen MR) is 54.6 cm³/mol. The van der Waals surface area contributed by atoms with Gasteiger partial charge < -0.3 is 5.32 Å².